The molecule has 0 saturated heterocycles. The molecule has 2 aromatic rings. The number of carbonyl (C=O) groups is 2. The molecule has 10 heteroatoms. The lowest BCUT2D eigenvalue weighted by Gasteiger charge is -2.12. The van der Waals surface area contributed by atoms with E-state index in [0.717, 1.165) is 11.3 Å². The molecule has 0 aliphatic heterocycles. The SMILES string of the molecule is Cc1sc(CNC(=O)C(F)(F)c2nccs2)nc1C(=O)O. The predicted molar refractivity (Wildman–Crippen MR) is 71.7 cm³/mol. The molecule has 2 aromatic heterocycles. The summed E-state index contributed by atoms with van der Waals surface area (Å²) in [5.41, 5.74) is -0.143. The standard InChI is InChI=1S/C11H9F2N3O3S2/c1-5-7(8(17)18)16-6(21-5)4-15-9(19)11(12,13)10-14-2-3-20-10/h2-3H,4H2,1H3,(H,15,19)(H,17,18). The number of aryl methyl sites for hydroxylation is 1. The summed E-state index contributed by atoms with van der Waals surface area (Å²) in [5.74, 6) is -6.42. The Bertz CT molecular complexity index is 670. The molecule has 6 nitrogen and oxygen atoms in total. The number of carbonyl (C=O) groups excluding carboxylic acids is 1. The van der Waals surface area contributed by atoms with Crippen LogP contribution in [0.4, 0.5) is 8.78 Å². The molecule has 0 aliphatic rings. The molecule has 0 unspecified atom stereocenters. The molecule has 0 radical (unpaired) electrons. The number of rotatable bonds is 5. The maximum Gasteiger partial charge on any atom is 0.375 e. The van der Waals surface area contributed by atoms with Gasteiger partial charge in [0, 0.05) is 16.5 Å². The van der Waals surface area contributed by atoms with Crippen molar-refractivity contribution in [3.63, 3.8) is 0 Å². The number of nitrogens with one attached hydrogen (secondary N) is 1. The summed E-state index contributed by atoms with van der Waals surface area (Å²) >= 11 is 1.71. The summed E-state index contributed by atoms with van der Waals surface area (Å²) in [6.45, 7) is 1.29. The van der Waals surface area contributed by atoms with E-state index in [0.29, 0.717) is 16.2 Å². The predicted octanol–water partition coefficient (Wildman–Crippen LogP) is 2.01. The zero-order valence-electron chi connectivity index (χ0n) is 10.6. The van der Waals surface area contributed by atoms with E-state index < -0.39 is 22.8 Å². The van der Waals surface area contributed by atoms with Crippen LogP contribution in [-0.4, -0.2) is 27.0 Å². The number of amides is 1. The molecule has 2 heterocycles. The van der Waals surface area contributed by atoms with Gasteiger partial charge in [0.2, 0.25) is 0 Å². The highest BCUT2D eigenvalue weighted by molar-refractivity contribution is 7.11. The van der Waals surface area contributed by atoms with Crippen molar-refractivity contribution < 1.29 is 23.5 Å². The summed E-state index contributed by atoms with van der Waals surface area (Å²) in [7, 11) is 0. The number of hydrogen-bond donors (Lipinski definition) is 2. The molecule has 0 aliphatic carbocycles. The normalized spacial score (nSPS) is 11.4. The second kappa shape index (κ2) is 5.82. The number of halogens is 2. The van der Waals surface area contributed by atoms with Crippen molar-refractivity contribution in [1.29, 1.82) is 0 Å². The smallest absolute Gasteiger partial charge is 0.375 e. The quantitative estimate of drug-likeness (QED) is 0.873. The summed E-state index contributed by atoms with van der Waals surface area (Å²) < 4.78 is 27.4. The number of hydrogen-bond acceptors (Lipinski definition) is 6. The maximum atomic E-state index is 13.7. The highest BCUT2D eigenvalue weighted by Gasteiger charge is 2.43. The number of nitrogens with zero attached hydrogens (tertiary/aromatic N) is 2. The first-order valence-electron chi connectivity index (χ1n) is 5.58. The number of thiazole rings is 2. The molecular weight excluding hydrogens is 324 g/mol. The van der Waals surface area contributed by atoms with Crippen molar-refractivity contribution in [2.24, 2.45) is 0 Å². The maximum absolute atomic E-state index is 13.7. The van der Waals surface area contributed by atoms with Crippen LogP contribution in [0.1, 0.15) is 25.4 Å². The Labute approximate surface area is 125 Å². The topological polar surface area (TPSA) is 92.2 Å². The Hall–Kier alpha value is -1.94. The molecule has 0 aromatic carbocycles. The lowest BCUT2D eigenvalue weighted by molar-refractivity contribution is -0.147. The Balaban J connectivity index is 2.04. The molecule has 0 fully saturated rings. The fraction of sp³-hybridized carbons (Fsp3) is 0.273. The second-order valence-electron chi connectivity index (χ2n) is 3.91. The average Bonchev–Trinajstić information content (AvgIpc) is 3.05. The molecule has 0 atom stereocenters. The van der Waals surface area contributed by atoms with Crippen molar-refractivity contribution >= 4 is 34.6 Å². The Morgan fingerprint density at radius 1 is 1.48 bits per heavy atom. The van der Waals surface area contributed by atoms with Crippen LogP contribution in [0, 0.1) is 6.92 Å². The van der Waals surface area contributed by atoms with Crippen molar-refractivity contribution in [2.75, 3.05) is 0 Å². The van der Waals surface area contributed by atoms with Crippen LogP contribution in [0.3, 0.4) is 0 Å². The third-order valence-corrected chi connectivity index (χ3v) is 4.24. The summed E-state index contributed by atoms with van der Waals surface area (Å²) in [6.07, 6.45) is 1.19. The van der Waals surface area contributed by atoms with Gasteiger partial charge in [-0.25, -0.2) is 14.8 Å². The average molecular weight is 333 g/mol. The second-order valence-corrected chi connectivity index (χ2v) is 6.09. The molecule has 0 bridgehead atoms. The number of aromatic carboxylic acids is 1. The fourth-order valence-corrected chi connectivity index (χ4v) is 2.95. The van der Waals surface area contributed by atoms with Gasteiger partial charge in [-0.3, -0.25) is 4.79 Å². The molecule has 112 valence electrons. The number of carboxylic acids is 1. The van der Waals surface area contributed by atoms with Crippen LogP contribution in [0.25, 0.3) is 0 Å². The van der Waals surface area contributed by atoms with Crippen molar-refractivity contribution in [3.05, 3.63) is 32.2 Å². The van der Waals surface area contributed by atoms with E-state index in [1.54, 1.807) is 6.92 Å². The number of aromatic nitrogens is 2. The third-order valence-electron chi connectivity index (χ3n) is 2.43. The first kappa shape index (κ1) is 15.4. The van der Waals surface area contributed by atoms with Gasteiger partial charge in [-0.05, 0) is 6.92 Å². The van der Waals surface area contributed by atoms with E-state index in [-0.39, 0.29) is 17.2 Å². The van der Waals surface area contributed by atoms with Crippen molar-refractivity contribution in [2.45, 2.75) is 19.4 Å². The van der Waals surface area contributed by atoms with Gasteiger partial charge in [0.1, 0.15) is 5.01 Å². The van der Waals surface area contributed by atoms with E-state index in [9.17, 15) is 18.4 Å². The van der Waals surface area contributed by atoms with Crippen LogP contribution in [0.2, 0.25) is 0 Å². The van der Waals surface area contributed by atoms with Crippen LogP contribution >= 0.6 is 22.7 Å². The molecule has 21 heavy (non-hydrogen) atoms. The van der Waals surface area contributed by atoms with Gasteiger partial charge in [-0.15, -0.1) is 22.7 Å². The van der Waals surface area contributed by atoms with Gasteiger partial charge in [-0.2, -0.15) is 8.78 Å². The monoisotopic (exact) mass is 333 g/mol. The van der Waals surface area contributed by atoms with E-state index in [4.69, 9.17) is 5.11 Å². The highest BCUT2D eigenvalue weighted by atomic mass is 32.1. The largest absolute Gasteiger partial charge is 0.476 e. The highest BCUT2D eigenvalue weighted by Crippen LogP contribution is 2.29. The minimum atomic E-state index is -3.73. The first-order chi connectivity index (χ1) is 9.82. The van der Waals surface area contributed by atoms with Crippen LogP contribution in [-0.2, 0) is 17.3 Å². The Kier molecular flexibility index (Phi) is 4.28. The summed E-state index contributed by atoms with van der Waals surface area (Å²) in [4.78, 5) is 30.0. The zero-order valence-corrected chi connectivity index (χ0v) is 12.2. The van der Waals surface area contributed by atoms with Gasteiger partial charge < -0.3 is 10.4 Å². The van der Waals surface area contributed by atoms with Crippen molar-refractivity contribution in [1.82, 2.24) is 15.3 Å². The van der Waals surface area contributed by atoms with E-state index in [2.05, 4.69) is 9.97 Å². The Morgan fingerprint density at radius 2 is 2.19 bits per heavy atom. The lowest BCUT2D eigenvalue weighted by atomic mass is 10.3. The van der Waals surface area contributed by atoms with Gasteiger partial charge in [0.05, 0.1) is 6.54 Å². The number of carboxylic acid groups (broad SMARTS) is 1. The summed E-state index contributed by atoms with van der Waals surface area (Å²) in [5, 5.41) is 11.9. The van der Waals surface area contributed by atoms with E-state index >= 15 is 0 Å². The van der Waals surface area contributed by atoms with Crippen LogP contribution in [0.15, 0.2) is 11.6 Å². The minimum Gasteiger partial charge on any atom is -0.476 e. The Morgan fingerprint density at radius 3 is 2.71 bits per heavy atom. The van der Waals surface area contributed by atoms with Gasteiger partial charge in [0.15, 0.2) is 10.7 Å². The minimum absolute atomic E-state index is 0.143. The molecular formula is C11H9F2N3O3S2. The fourth-order valence-electron chi connectivity index (χ4n) is 1.47. The number of alkyl halides is 2. The van der Waals surface area contributed by atoms with E-state index in [1.165, 1.54) is 11.6 Å². The molecule has 2 N–H and O–H groups in total. The zero-order chi connectivity index (χ0) is 15.6. The van der Waals surface area contributed by atoms with Gasteiger partial charge in [-0.1, -0.05) is 0 Å². The van der Waals surface area contributed by atoms with Crippen LogP contribution < -0.4 is 5.32 Å². The molecule has 0 saturated carbocycles. The molecule has 2 rings (SSSR count). The van der Waals surface area contributed by atoms with Gasteiger partial charge >= 0.3 is 11.9 Å². The lowest BCUT2D eigenvalue weighted by Crippen LogP contribution is -2.37. The molecule has 0 spiro atoms. The van der Waals surface area contributed by atoms with Crippen LogP contribution in [0.5, 0.6) is 0 Å². The van der Waals surface area contributed by atoms with E-state index in [1.807, 2.05) is 5.32 Å². The van der Waals surface area contributed by atoms with Gasteiger partial charge in [0.25, 0.3) is 5.91 Å². The third kappa shape index (κ3) is 3.22. The molecule has 1 amide bonds. The van der Waals surface area contributed by atoms with Crippen molar-refractivity contribution in [3.8, 4) is 0 Å². The first-order valence-corrected chi connectivity index (χ1v) is 7.27. The summed E-state index contributed by atoms with van der Waals surface area (Å²) in [6, 6.07) is 0.